The van der Waals surface area contributed by atoms with Crippen LogP contribution >= 0.6 is 0 Å². The van der Waals surface area contributed by atoms with E-state index in [4.69, 9.17) is 5.26 Å². The molecule has 0 saturated carbocycles. The Morgan fingerprint density at radius 1 is 1.38 bits per heavy atom. The molecule has 0 radical (unpaired) electrons. The Labute approximate surface area is 91.3 Å². The summed E-state index contributed by atoms with van der Waals surface area (Å²) in [5.41, 5.74) is 1.14. The number of halogens is 3. The standard InChI is InChI=1S/C11H10F3NO/c1-2-8-3-4-10(16-11(12,13)14)9(7-8)5-6-15/h3-4,7H,2,5H2,1H3. The molecule has 0 unspecified atom stereocenters. The van der Waals surface area contributed by atoms with Gasteiger partial charge in [0.05, 0.1) is 12.5 Å². The average molecular weight is 229 g/mol. The topological polar surface area (TPSA) is 33.0 Å². The number of alkyl halides is 3. The Balaban J connectivity index is 3.04. The van der Waals surface area contributed by atoms with Crippen LogP contribution in [0.4, 0.5) is 13.2 Å². The maximum Gasteiger partial charge on any atom is 0.573 e. The molecule has 0 amide bonds. The molecule has 0 aliphatic rings. The summed E-state index contributed by atoms with van der Waals surface area (Å²) < 4.78 is 40.0. The second kappa shape index (κ2) is 4.88. The third-order valence-corrected chi connectivity index (χ3v) is 2.03. The van der Waals surface area contributed by atoms with Gasteiger partial charge in [0.1, 0.15) is 5.75 Å². The van der Waals surface area contributed by atoms with Crippen molar-refractivity contribution >= 4 is 0 Å². The van der Waals surface area contributed by atoms with Crippen LogP contribution in [0.25, 0.3) is 0 Å². The maximum absolute atomic E-state index is 12.0. The SMILES string of the molecule is CCc1ccc(OC(F)(F)F)c(CC#N)c1. The Bertz CT molecular complexity index is 407. The second-order valence-electron chi connectivity index (χ2n) is 3.18. The smallest absolute Gasteiger partial charge is 0.405 e. The van der Waals surface area contributed by atoms with Crippen molar-refractivity contribution in [2.75, 3.05) is 0 Å². The predicted octanol–water partition coefficient (Wildman–Crippen LogP) is 3.21. The minimum Gasteiger partial charge on any atom is -0.405 e. The van der Waals surface area contributed by atoms with Gasteiger partial charge in [0, 0.05) is 5.56 Å². The van der Waals surface area contributed by atoms with Gasteiger partial charge in [-0.3, -0.25) is 0 Å². The molecule has 0 aromatic heterocycles. The summed E-state index contributed by atoms with van der Waals surface area (Å²) in [7, 11) is 0. The van der Waals surface area contributed by atoms with E-state index in [1.54, 1.807) is 12.1 Å². The first kappa shape index (κ1) is 12.4. The molecule has 1 rings (SSSR count). The minimum atomic E-state index is -4.72. The lowest BCUT2D eigenvalue weighted by Crippen LogP contribution is -2.18. The summed E-state index contributed by atoms with van der Waals surface area (Å²) in [5, 5.41) is 8.52. The van der Waals surface area contributed by atoms with Gasteiger partial charge in [0.15, 0.2) is 0 Å². The molecule has 0 saturated heterocycles. The van der Waals surface area contributed by atoms with E-state index in [0.29, 0.717) is 6.42 Å². The summed E-state index contributed by atoms with van der Waals surface area (Å²) in [5.74, 6) is -0.300. The van der Waals surface area contributed by atoms with Gasteiger partial charge in [-0.1, -0.05) is 19.1 Å². The lowest BCUT2D eigenvalue weighted by molar-refractivity contribution is -0.274. The van der Waals surface area contributed by atoms with E-state index < -0.39 is 6.36 Å². The Hall–Kier alpha value is -1.70. The summed E-state index contributed by atoms with van der Waals surface area (Å²) >= 11 is 0. The highest BCUT2D eigenvalue weighted by Gasteiger charge is 2.32. The zero-order valence-corrected chi connectivity index (χ0v) is 8.64. The van der Waals surface area contributed by atoms with Crippen molar-refractivity contribution in [1.82, 2.24) is 0 Å². The monoisotopic (exact) mass is 229 g/mol. The highest BCUT2D eigenvalue weighted by molar-refractivity contribution is 5.39. The van der Waals surface area contributed by atoms with Crippen molar-refractivity contribution in [3.8, 4) is 11.8 Å². The zero-order chi connectivity index (χ0) is 12.2. The van der Waals surface area contributed by atoms with Crippen molar-refractivity contribution in [1.29, 1.82) is 5.26 Å². The lowest BCUT2D eigenvalue weighted by atomic mass is 10.1. The predicted molar refractivity (Wildman–Crippen MR) is 51.8 cm³/mol. The molecule has 0 atom stereocenters. The van der Waals surface area contributed by atoms with Gasteiger partial charge in [-0.2, -0.15) is 5.26 Å². The molecule has 0 heterocycles. The molecule has 0 N–H and O–H groups in total. The van der Waals surface area contributed by atoms with Gasteiger partial charge in [0.2, 0.25) is 0 Å². The van der Waals surface area contributed by atoms with Gasteiger partial charge < -0.3 is 4.74 Å². The van der Waals surface area contributed by atoms with Crippen LogP contribution in [0, 0.1) is 11.3 Å². The second-order valence-corrected chi connectivity index (χ2v) is 3.18. The van der Waals surface area contributed by atoms with Crippen molar-refractivity contribution < 1.29 is 17.9 Å². The molecule has 0 spiro atoms. The highest BCUT2D eigenvalue weighted by atomic mass is 19.4. The van der Waals surface area contributed by atoms with Crippen molar-refractivity contribution in [3.05, 3.63) is 29.3 Å². The van der Waals surface area contributed by atoms with E-state index in [9.17, 15) is 13.2 Å². The van der Waals surface area contributed by atoms with Gasteiger partial charge >= 0.3 is 6.36 Å². The minimum absolute atomic E-state index is 0.0980. The Morgan fingerprint density at radius 3 is 2.56 bits per heavy atom. The largest absolute Gasteiger partial charge is 0.573 e. The number of aryl methyl sites for hydroxylation is 1. The van der Waals surface area contributed by atoms with Gasteiger partial charge in [-0.25, -0.2) is 0 Å². The van der Waals surface area contributed by atoms with Crippen LogP contribution in [-0.2, 0) is 12.8 Å². The number of hydrogen-bond donors (Lipinski definition) is 0. The van der Waals surface area contributed by atoms with Crippen LogP contribution in [0.3, 0.4) is 0 Å². The molecule has 0 aliphatic heterocycles. The van der Waals surface area contributed by atoms with Crippen LogP contribution in [0.2, 0.25) is 0 Å². The Morgan fingerprint density at radius 2 is 2.06 bits per heavy atom. The molecular formula is C11H10F3NO. The van der Waals surface area contributed by atoms with Crippen molar-refractivity contribution in [2.45, 2.75) is 26.1 Å². The summed E-state index contributed by atoms with van der Waals surface area (Å²) in [6, 6.07) is 6.18. The number of nitriles is 1. The van der Waals surface area contributed by atoms with E-state index in [1.165, 1.54) is 6.07 Å². The summed E-state index contributed by atoms with van der Waals surface area (Å²) in [6.45, 7) is 1.88. The van der Waals surface area contributed by atoms with Gasteiger partial charge in [0.25, 0.3) is 0 Å². The van der Waals surface area contributed by atoms with E-state index >= 15 is 0 Å². The van der Waals surface area contributed by atoms with Crippen LogP contribution < -0.4 is 4.74 Å². The Kier molecular flexibility index (Phi) is 3.78. The number of benzene rings is 1. The quantitative estimate of drug-likeness (QED) is 0.797. The third kappa shape index (κ3) is 3.46. The summed E-state index contributed by atoms with van der Waals surface area (Å²) in [4.78, 5) is 0. The van der Waals surface area contributed by atoms with E-state index in [0.717, 1.165) is 5.56 Å². The van der Waals surface area contributed by atoms with Crippen LogP contribution in [0.15, 0.2) is 18.2 Å². The molecule has 0 fully saturated rings. The first-order valence-electron chi connectivity index (χ1n) is 4.70. The first-order valence-corrected chi connectivity index (χ1v) is 4.70. The third-order valence-electron chi connectivity index (χ3n) is 2.03. The maximum atomic E-state index is 12.0. The molecule has 16 heavy (non-hydrogen) atoms. The fourth-order valence-electron chi connectivity index (χ4n) is 1.30. The van der Waals surface area contributed by atoms with Crippen molar-refractivity contribution in [2.24, 2.45) is 0 Å². The van der Waals surface area contributed by atoms with Crippen LogP contribution in [0.5, 0.6) is 5.75 Å². The first-order chi connectivity index (χ1) is 7.46. The number of nitrogens with zero attached hydrogens (tertiary/aromatic N) is 1. The summed E-state index contributed by atoms with van der Waals surface area (Å²) in [6.07, 6.45) is -4.12. The van der Waals surface area contributed by atoms with Gasteiger partial charge in [-0.15, -0.1) is 13.2 Å². The van der Waals surface area contributed by atoms with Crippen LogP contribution in [-0.4, -0.2) is 6.36 Å². The molecule has 5 heteroatoms. The molecule has 0 bridgehead atoms. The highest BCUT2D eigenvalue weighted by Crippen LogP contribution is 2.27. The fourth-order valence-corrected chi connectivity index (χ4v) is 1.30. The lowest BCUT2D eigenvalue weighted by Gasteiger charge is -2.12. The zero-order valence-electron chi connectivity index (χ0n) is 8.64. The molecule has 1 aromatic rings. The van der Waals surface area contributed by atoms with E-state index in [1.807, 2.05) is 13.0 Å². The van der Waals surface area contributed by atoms with E-state index in [-0.39, 0.29) is 17.7 Å². The normalized spacial score (nSPS) is 10.9. The number of rotatable bonds is 3. The number of ether oxygens (including phenoxy) is 1. The molecule has 0 aliphatic carbocycles. The van der Waals surface area contributed by atoms with Crippen LogP contribution in [0.1, 0.15) is 18.1 Å². The van der Waals surface area contributed by atoms with Gasteiger partial charge in [-0.05, 0) is 18.1 Å². The molecular weight excluding hydrogens is 219 g/mol. The molecule has 1 aromatic carbocycles. The number of hydrogen-bond acceptors (Lipinski definition) is 2. The van der Waals surface area contributed by atoms with E-state index in [2.05, 4.69) is 4.74 Å². The average Bonchev–Trinajstić information content (AvgIpc) is 2.19. The molecule has 86 valence electrons. The molecule has 2 nitrogen and oxygen atoms in total. The fraction of sp³-hybridized carbons (Fsp3) is 0.364. The van der Waals surface area contributed by atoms with Crippen molar-refractivity contribution in [3.63, 3.8) is 0 Å².